The number of hydrogen-bond acceptors (Lipinski definition) is 2. The third-order valence-electron chi connectivity index (χ3n) is 7.74. The zero-order chi connectivity index (χ0) is 16.3. The second-order valence-corrected chi connectivity index (χ2v) is 8.84. The number of rotatable bonds is 1. The van der Waals surface area contributed by atoms with Crippen LogP contribution in [-0.2, 0) is 4.79 Å². The highest BCUT2D eigenvalue weighted by atomic mass is 16.3. The lowest BCUT2D eigenvalue weighted by atomic mass is 9.42. The Balaban J connectivity index is 2.01. The molecule has 0 amide bonds. The summed E-state index contributed by atoms with van der Waals surface area (Å²) in [6.07, 6.45) is 8.26. The molecule has 3 rings (SSSR count). The van der Waals surface area contributed by atoms with E-state index in [0.29, 0.717) is 18.3 Å². The lowest BCUT2D eigenvalue weighted by Crippen LogP contribution is -2.57. The smallest absolute Gasteiger partial charge is 0.155 e. The van der Waals surface area contributed by atoms with Gasteiger partial charge in [0.05, 0.1) is 6.10 Å². The van der Waals surface area contributed by atoms with Gasteiger partial charge in [-0.3, -0.25) is 4.79 Å². The van der Waals surface area contributed by atoms with E-state index in [-0.39, 0.29) is 28.1 Å². The summed E-state index contributed by atoms with van der Waals surface area (Å²) in [6.45, 7) is 12.9. The average molecular weight is 302 g/mol. The lowest BCUT2D eigenvalue weighted by molar-refractivity contribution is -0.147. The van der Waals surface area contributed by atoms with Crippen molar-refractivity contribution in [3.8, 4) is 0 Å². The summed E-state index contributed by atoms with van der Waals surface area (Å²) in [5.41, 5.74) is 1.25. The van der Waals surface area contributed by atoms with Gasteiger partial charge in [-0.1, -0.05) is 32.4 Å². The zero-order valence-electron chi connectivity index (χ0n) is 14.5. The summed E-state index contributed by atoms with van der Waals surface area (Å²) in [4.78, 5) is 12.2. The van der Waals surface area contributed by atoms with Gasteiger partial charge in [-0.05, 0) is 61.3 Å². The summed E-state index contributed by atoms with van der Waals surface area (Å²) in [5, 5.41) is 10.8. The number of carbonyl (C=O) groups excluding carboxylic acids is 1. The van der Waals surface area contributed by atoms with Crippen LogP contribution in [0.3, 0.4) is 0 Å². The zero-order valence-corrected chi connectivity index (χ0v) is 14.5. The van der Waals surface area contributed by atoms with Gasteiger partial charge in [0, 0.05) is 11.8 Å². The first-order valence-corrected chi connectivity index (χ1v) is 8.69. The van der Waals surface area contributed by atoms with E-state index < -0.39 is 0 Å². The van der Waals surface area contributed by atoms with Crippen LogP contribution in [-0.4, -0.2) is 17.0 Å². The van der Waals surface area contributed by atoms with Crippen LogP contribution in [0.25, 0.3) is 0 Å². The first-order chi connectivity index (χ1) is 10.2. The first kappa shape index (κ1) is 16.0. The highest BCUT2D eigenvalue weighted by Gasteiger charge is 2.60. The number of hydrogen-bond donors (Lipinski definition) is 1. The van der Waals surface area contributed by atoms with E-state index >= 15 is 0 Å². The number of aliphatic hydroxyl groups excluding tert-OH is 1. The molecule has 122 valence electrons. The molecule has 2 nitrogen and oxygen atoms in total. The molecule has 6 atom stereocenters. The monoisotopic (exact) mass is 302 g/mol. The predicted molar refractivity (Wildman–Crippen MR) is 89.4 cm³/mol. The second kappa shape index (κ2) is 4.80. The van der Waals surface area contributed by atoms with Crippen molar-refractivity contribution >= 4 is 5.78 Å². The van der Waals surface area contributed by atoms with Crippen LogP contribution in [0.15, 0.2) is 24.3 Å². The van der Waals surface area contributed by atoms with Crippen LogP contribution in [0.5, 0.6) is 0 Å². The van der Waals surface area contributed by atoms with Gasteiger partial charge >= 0.3 is 0 Å². The Morgan fingerprint density at radius 2 is 2.00 bits per heavy atom. The fraction of sp³-hybridized carbons (Fsp3) is 0.750. The summed E-state index contributed by atoms with van der Waals surface area (Å²) in [7, 11) is 0. The van der Waals surface area contributed by atoms with Crippen molar-refractivity contribution in [3.05, 3.63) is 24.3 Å². The van der Waals surface area contributed by atoms with Gasteiger partial charge in [0.25, 0.3) is 0 Å². The third kappa shape index (κ3) is 1.99. The molecule has 3 aliphatic rings. The van der Waals surface area contributed by atoms with E-state index in [1.54, 1.807) is 0 Å². The number of allylic oxidation sites excluding steroid dienone is 2. The molecule has 2 saturated carbocycles. The van der Waals surface area contributed by atoms with Crippen LogP contribution in [0, 0.1) is 28.1 Å². The van der Waals surface area contributed by atoms with Crippen molar-refractivity contribution in [2.24, 2.45) is 28.1 Å². The van der Waals surface area contributed by atoms with Crippen molar-refractivity contribution in [2.75, 3.05) is 0 Å². The standard InChI is InChI=1S/C20H30O2/c1-6-18(3)11-14-7-8-19(4)13(2)9-15(21)10-16(19)20(14,5)12-17(18)22/h6,9,14,16-17,22H,1,7-8,10-12H2,2-5H3/t14?,16?,17-,18-,19+,20+/m0/s1. The maximum absolute atomic E-state index is 12.2. The van der Waals surface area contributed by atoms with Gasteiger partial charge in [0.15, 0.2) is 5.78 Å². The minimum absolute atomic E-state index is 0.0557. The van der Waals surface area contributed by atoms with Crippen molar-refractivity contribution in [2.45, 2.75) is 65.9 Å². The van der Waals surface area contributed by atoms with Crippen LogP contribution >= 0.6 is 0 Å². The highest BCUT2D eigenvalue weighted by molar-refractivity contribution is 5.92. The Morgan fingerprint density at radius 1 is 1.32 bits per heavy atom. The van der Waals surface area contributed by atoms with E-state index in [1.807, 2.05) is 12.2 Å². The SMILES string of the molecule is C=C[C@@]1(C)CC2CC[C@]3(C)C(C)=CC(=O)CC3[C@]2(C)C[C@@H]1O. The normalized spacial score (nSPS) is 51.6. The summed E-state index contributed by atoms with van der Waals surface area (Å²) < 4.78 is 0. The van der Waals surface area contributed by atoms with Gasteiger partial charge in [-0.15, -0.1) is 6.58 Å². The fourth-order valence-corrected chi connectivity index (χ4v) is 5.77. The van der Waals surface area contributed by atoms with E-state index in [2.05, 4.69) is 34.3 Å². The fourth-order valence-electron chi connectivity index (χ4n) is 5.77. The molecule has 0 aromatic rings. The number of carbonyl (C=O) groups is 1. The van der Waals surface area contributed by atoms with Crippen molar-refractivity contribution in [1.82, 2.24) is 0 Å². The molecule has 0 spiro atoms. The maximum atomic E-state index is 12.2. The molecule has 0 bridgehead atoms. The van der Waals surface area contributed by atoms with Crippen LogP contribution < -0.4 is 0 Å². The molecule has 0 heterocycles. The molecule has 0 saturated heterocycles. The quantitative estimate of drug-likeness (QED) is 0.734. The molecule has 1 N–H and O–H groups in total. The Hall–Kier alpha value is -0.890. The van der Waals surface area contributed by atoms with Crippen molar-refractivity contribution in [3.63, 3.8) is 0 Å². The summed E-state index contributed by atoms with van der Waals surface area (Å²) >= 11 is 0. The van der Waals surface area contributed by atoms with E-state index in [0.717, 1.165) is 19.3 Å². The Bertz CT molecular complexity index is 548. The number of ketones is 1. The Kier molecular flexibility index (Phi) is 3.49. The topological polar surface area (TPSA) is 37.3 Å². The largest absolute Gasteiger partial charge is 0.392 e. The van der Waals surface area contributed by atoms with Gasteiger partial charge < -0.3 is 5.11 Å². The van der Waals surface area contributed by atoms with Crippen LogP contribution in [0.2, 0.25) is 0 Å². The molecule has 2 heteroatoms. The molecule has 2 fully saturated rings. The van der Waals surface area contributed by atoms with Gasteiger partial charge in [0.1, 0.15) is 0 Å². The van der Waals surface area contributed by atoms with E-state index in [9.17, 15) is 9.90 Å². The predicted octanol–water partition coefficient (Wildman–Crippen LogP) is 4.29. The third-order valence-corrected chi connectivity index (χ3v) is 7.74. The van der Waals surface area contributed by atoms with Crippen molar-refractivity contribution < 1.29 is 9.90 Å². The lowest BCUT2D eigenvalue weighted by Gasteiger charge is -2.62. The minimum atomic E-state index is -0.352. The number of fused-ring (bicyclic) bond motifs is 3. The van der Waals surface area contributed by atoms with Crippen LogP contribution in [0.4, 0.5) is 0 Å². The molecule has 0 aromatic heterocycles. The first-order valence-electron chi connectivity index (χ1n) is 8.69. The Labute approximate surface area is 134 Å². The maximum Gasteiger partial charge on any atom is 0.155 e. The molecular weight excluding hydrogens is 272 g/mol. The number of aliphatic hydroxyl groups is 1. The molecule has 22 heavy (non-hydrogen) atoms. The van der Waals surface area contributed by atoms with Gasteiger partial charge in [0.2, 0.25) is 0 Å². The average Bonchev–Trinajstić information content (AvgIpc) is 2.44. The van der Waals surface area contributed by atoms with Gasteiger partial charge in [-0.2, -0.15) is 0 Å². The summed E-state index contributed by atoms with van der Waals surface area (Å²) in [6, 6.07) is 0. The Morgan fingerprint density at radius 3 is 2.64 bits per heavy atom. The molecule has 0 radical (unpaired) electrons. The van der Waals surface area contributed by atoms with Gasteiger partial charge in [-0.25, -0.2) is 0 Å². The molecular formula is C20H30O2. The molecule has 0 aromatic carbocycles. The molecule has 3 aliphatic carbocycles. The van der Waals surface area contributed by atoms with Crippen molar-refractivity contribution in [1.29, 1.82) is 0 Å². The highest BCUT2D eigenvalue weighted by Crippen LogP contribution is 2.65. The summed E-state index contributed by atoms with van der Waals surface area (Å²) in [5.74, 6) is 1.21. The minimum Gasteiger partial charge on any atom is -0.392 e. The second-order valence-electron chi connectivity index (χ2n) is 8.84. The van der Waals surface area contributed by atoms with E-state index in [4.69, 9.17) is 0 Å². The van der Waals surface area contributed by atoms with E-state index in [1.165, 1.54) is 12.0 Å². The molecule has 2 unspecified atom stereocenters. The molecule has 0 aliphatic heterocycles. The van der Waals surface area contributed by atoms with Crippen LogP contribution in [0.1, 0.15) is 59.8 Å².